The minimum atomic E-state index is -0.0722. The van der Waals surface area contributed by atoms with E-state index in [0.29, 0.717) is 39.4 Å². The van der Waals surface area contributed by atoms with Crippen molar-refractivity contribution in [1.82, 2.24) is 19.7 Å². The lowest BCUT2D eigenvalue weighted by atomic mass is 9.98. The molecule has 1 aliphatic rings. The molecule has 1 aliphatic heterocycles. The fourth-order valence-electron chi connectivity index (χ4n) is 3.66. The quantitative estimate of drug-likeness (QED) is 0.391. The highest BCUT2D eigenvalue weighted by Crippen LogP contribution is 2.41. The molecule has 0 spiro atoms. The maximum Gasteiger partial charge on any atom is 0.231 e. The third-order valence-corrected chi connectivity index (χ3v) is 6.37. The van der Waals surface area contributed by atoms with Gasteiger partial charge in [0.2, 0.25) is 6.79 Å². The first-order valence-corrected chi connectivity index (χ1v) is 11.4. The molecule has 2 aromatic heterocycles. The number of aromatic hydroxyl groups is 2. The predicted octanol–water partition coefficient (Wildman–Crippen LogP) is 4.88. The summed E-state index contributed by atoms with van der Waals surface area (Å²) in [6.07, 6.45) is 3.51. The molecule has 0 radical (unpaired) electrons. The van der Waals surface area contributed by atoms with Gasteiger partial charge in [-0.1, -0.05) is 25.6 Å². The van der Waals surface area contributed by atoms with Gasteiger partial charge in [0.05, 0.1) is 11.3 Å². The second-order valence-corrected chi connectivity index (χ2v) is 8.85. The van der Waals surface area contributed by atoms with E-state index in [0.717, 1.165) is 11.3 Å². The minimum Gasteiger partial charge on any atom is -0.508 e. The Bertz CT molecular complexity index is 1310. The Kier molecular flexibility index (Phi) is 5.55. The minimum absolute atomic E-state index is 0.0488. The SMILES string of the molecule is CC(C)c1cc(-c2nnc(SCc3ccncc3)n2-c2ccc3c(c2)OCO3)c(O)cc1O. The first-order chi connectivity index (χ1) is 16.0. The van der Waals surface area contributed by atoms with E-state index in [9.17, 15) is 10.2 Å². The van der Waals surface area contributed by atoms with Gasteiger partial charge in [0.15, 0.2) is 22.5 Å². The molecule has 0 aliphatic carbocycles. The van der Waals surface area contributed by atoms with Gasteiger partial charge < -0.3 is 19.7 Å². The number of aromatic nitrogens is 4. The number of phenolic OH excluding ortho intramolecular Hbond substituents is 2. The van der Waals surface area contributed by atoms with Crippen molar-refractivity contribution < 1.29 is 19.7 Å². The van der Waals surface area contributed by atoms with Crippen LogP contribution in [0, 0.1) is 0 Å². The van der Waals surface area contributed by atoms with Gasteiger partial charge in [0.25, 0.3) is 0 Å². The average Bonchev–Trinajstić information content (AvgIpc) is 3.44. The first kappa shape index (κ1) is 21.1. The molecule has 2 aromatic carbocycles. The van der Waals surface area contributed by atoms with Crippen LogP contribution in [-0.4, -0.2) is 36.8 Å². The van der Waals surface area contributed by atoms with Gasteiger partial charge in [-0.25, -0.2) is 0 Å². The van der Waals surface area contributed by atoms with Crippen molar-refractivity contribution in [2.24, 2.45) is 0 Å². The summed E-state index contributed by atoms with van der Waals surface area (Å²) in [4.78, 5) is 4.07. The summed E-state index contributed by atoms with van der Waals surface area (Å²) < 4.78 is 12.9. The Hall–Kier alpha value is -3.72. The lowest BCUT2D eigenvalue weighted by Gasteiger charge is -2.15. The van der Waals surface area contributed by atoms with Crippen molar-refractivity contribution >= 4 is 11.8 Å². The zero-order chi connectivity index (χ0) is 22.9. The van der Waals surface area contributed by atoms with Crippen LogP contribution in [0.4, 0.5) is 0 Å². The maximum absolute atomic E-state index is 10.7. The van der Waals surface area contributed by atoms with Gasteiger partial charge >= 0.3 is 0 Å². The molecule has 0 bridgehead atoms. The predicted molar refractivity (Wildman–Crippen MR) is 124 cm³/mol. The molecule has 8 nitrogen and oxygen atoms in total. The van der Waals surface area contributed by atoms with E-state index >= 15 is 0 Å². The number of rotatable bonds is 6. The van der Waals surface area contributed by atoms with Crippen LogP contribution in [0.15, 0.2) is 60.0 Å². The molecule has 2 N–H and O–H groups in total. The van der Waals surface area contributed by atoms with E-state index in [1.54, 1.807) is 18.5 Å². The van der Waals surface area contributed by atoms with E-state index in [1.165, 1.54) is 17.8 Å². The highest BCUT2D eigenvalue weighted by atomic mass is 32.2. The molecule has 5 rings (SSSR count). The van der Waals surface area contributed by atoms with Gasteiger partial charge in [0, 0.05) is 30.3 Å². The zero-order valence-electron chi connectivity index (χ0n) is 18.1. The lowest BCUT2D eigenvalue weighted by Crippen LogP contribution is -2.01. The van der Waals surface area contributed by atoms with Crippen LogP contribution in [0.25, 0.3) is 17.1 Å². The first-order valence-electron chi connectivity index (χ1n) is 10.4. The largest absolute Gasteiger partial charge is 0.508 e. The Morgan fingerprint density at radius 3 is 2.55 bits per heavy atom. The molecule has 0 saturated carbocycles. The van der Waals surface area contributed by atoms with Crippen molar-refractivity contribution in [3.8, 4) is 40.1 Å². The molecule has 4 aromatic rings. The molecular weight excluding hydrogens is 440 g/mol. The number of benzene rings is 2. The van der Waals surface area contributed by atoms with Gasteiger partial charge in [-0.15, -0.1) is 10.2 Å². The summed E-state index contributed by atoms with van der Waals surface area (Å²) in [7, 11) is 0. The van der Waals surface area contributed by atoms with Gasteiger partial charge in [0.1, 0.15) is 11.5 Å². The van der Waals surface area contributed by atoms with E-state index < -0.39 is 0 Å². The topological polar surface area (TPSA) is 103 Å². The molecule has 0 saturated heterocycles. The molecule has 0 atom stereocenters. The van der Waals surface area contributed by atoms with Crippen LogP contribution in [0.5, 0.6) is 23.0 Å². The van der Waals surface area contributed by atoms with E-state index in [-0.39, 0.29) is 24.2 Å². The number of hydrogen-bond acceptors (Lipinski definition) is 8. The van der Waals surface area contributed by atoms with Crippen LogP contribution in [0.1, 0.15) is 30.9 Å². The van der Waals surface area contributed by atoms with Crippen LogP contribution < -0.4 is 9.47 Å². The number of thioether (sulfide) groups is 1. The average molecular weight is 463 g/mol. The van der Waals surface area contributed by atoms with E-state index in [4.69, 9.17) is 9.47 Å². The van der Waals surface area contributed by atoms with Crippen molar-refractivity contribution in [2.75, 3.05) is 6.79 Å². The normalized spacial score (nSPS) is 12.5. The summed E-state index contributed by atoms with van der Waals surface area (Å²) in [5.41, 5.74) is 3.08. The van der Waals surface area contributed by atoms with Crippen molar-refractivity contribution in [3.05, 3.63) is 66.0 Å². The summed E-state index contributed by atoms with van der Waals surface area (Å²) in [5, 5.41) is 30.5. The number of hydrogen-bond donors (Lipinski definition) is 2. The van der Waals surface area contributed by atoms with Crippen LogP contribution in [-0.2, 0) is 5.75 Å². The molecule has 0 amide bonds. The fourth-order valence-corrected chi connectivity index (χ4v) is 4.57. The number of phenols is 2. The van der Waals surface area contributed by atoms with Crippen LogP contribution >= 0.6 is 11.8 Å². The second kappa shape index (κ2) is 8.67. The third kappa shape index (κ3) is 4.07. The van der Waals surface area contributed by atoms with Crippen molar-refractivity contribution in [1.29, 1.82) is 0 Å². The zero-order valence-corrected chi connectivity index (χ0v) is 18.9. The Balaban J connectivity index is 1.63. The smallest absolute Gasteiger partial charge is 0.231 e. The molecular formula is C24H22N4O4S. The van der Waals surface area contributed by atoms with Gasteiger partial charge in [-0.2, -0.15) is 0 Å². The Morgan fingerprint density at radius 2 is 1.76 bits per heavy atom. The highest BCUT2D eigenvalue weighted by molar-refractivity contribution is 7.98. The fraction of sp³-hybridized carbons (Fsp3) is 0.208. The lowest BCUT2D eigenvalue weighted by molar-refractivity contribution is 0.174. The molecule has 0 unspecified atom stereocenters. The van der Waals surface area contributed by atoms with Crippen molar-refractivity contribution in [3.63, 3.8) is 0 Å². The Labute approximate surface area is 194 Å². The number of fused-ring (bicyclic) bond motifs is 1. The van der Waals surface area contributed by atoms with E-state index in [1.807, 2.05) is 48.7 Å². The number of pyridine rings is 1. The molecule has 9 heteroatoms. The third-order valence-electron chi connectivity index (χ3n) is 5.37. The highest BCUT2D eigenvalue weighted by Gasteiger charge is 2.23. The van der Waals surface area contributed by atoms with Crippen LogP contribution in [0.2, 0.25) is 0 Å². The number of ether oxygens (including phenoxy) is 2. The Morgan fingerprint density at radius 1 is 0.970 bits per heavy atom. The standard InChI is InChI=1S/C24H22N4O4S/c1-14(2)17-10-18(20(30)11-19(17)29)23-26-27-24(33-12-15-5-7-25-8-6-15)28(23)16-3-4-21-22(9-16)32-13-31-21/h3-11,14,29-30H,12-13H2,1-2H3. The molecule has 3 heterocycles. The number of nitrogens with zero attached hydrogens (tertiary/aromatic N) is 4. The van der Waals surface area contributed by atoms with Gasteiger partial charge in [-0.3, -0.25) is 9.55 Å². The maximum atomic E-state index is 10.7. The van der Waals surface area contributed by atoms with Crippen LogP contribution in [0.3, 0.4) is 0 Å². The van der Waals surface area contributed by atoms with Gasteiger partial charge in [-0.05, 0) is 47.4 Å². The van der Waals surface area contributed by atoms with Crippen molar-refractivity contribution in [2.45, 2.75) is 30.7 Å². The molecule has 0 fully saturated rings. The summed E-state index contributed by atoms with van der Waals surface area (Å²) in [6, 6.07) is 12.6. The van der Waals surface area contributed by atoms with E-state index in [2.05, 4.69) is 15.2 Å². The second-order valence-electron chi connectivity index (χ2n) is 7.91. The molecule has 33 heavy (non-hydrogen) atoms. The summed E-state index contributed by atoms with van der Waals surface area (Å²) in [6.45, 7) is 4.14. The monoisotopic (exact) mass is 462 g/mol. The summed E-state index contributed by atoms with van der Waals surface area (Å²) >= 11 is 1.52. The molecule has 168 valence electrons. The summed E-state index contributed by atoms with van der Waals surface area (Å²) in [5.74, 6) is 2.48.